The summed E-state index contributed by atoms with van der Waals surface area (Å²) in [5.74, 6) is -2.10. The normalized spacial score (nSPS) is 11.6. The molecule has 0 saturated heterocycles. The van der Waals surface area contributed by atoms with Gasteiger partial charge in [-0.2, -0.15) is 18.3 Å². The Balaban J connectivity index is 2.44. The molecule has 1 aromatic heterocycles. The summed E-state index contributed by atoms with van der Waals surface area (Å²) in [4.78, 5) is 11.9. The lowest BCUT2D eigenvalue weighted by Gasteiger charge is -2.09. The Kier molecular flexibility index (Phi) is 3.13. The van der Waals surface area contributed by atoms with E-state index >= 15 is 0 Å². The molecule has 0 aliphatic rings. The van der Waals surface area contributed by atoms with Crippen molar-refractivity contribution in [1.82, 2.24) is 9.78 Å². The van der Waals surface area contributed by atoms with E-state index in [0.717, 1.165) is 6.07 Å². The lowest BCUT2D eigenvalue weighted by molar-refractivity contribution is -0.140. The second-order valence-corrected chi connectivity index (χ2v) is 3.90. The van der Waals surface area contributed by atoms with Crippen molar-refractivity contribution in [2.24, 2.45) is 7.05 Å². The van der Waals surface area contributed by atoms with Gasteiger partial charge in [0.25, 0.3) is 0 Å². The van der Waals surface area contributed by atoms with E-state index in [-0.39, 0.29) is 11.3 Å². The van der Waals surface area contributed by atoms with Crippen molar-refractivity contribution in [3.05, 3.63) is 53.1 Å². The summed E-state index contributed by atoms with van der Waals surface area (Å²) in [7, 11) is 1.57. The van der Waals surface area contributed by atoms with E-state index in [1.54, 1.807) is 7.05 Å². The molecule has 100 valence electrons. The molecular weight excluding hydrogens is 264 g/mol. The number of benzene rings is 1. The van der Waals surface area contributed by atoms with Crippen LogP contribution in [0.4, 0.5) is 17.6 Å². The predicted octanol–water partition coefficient (Wildman–Crippen LogP) is 2.81. The Morgan fingerprint density at radius 2 is 1.95 bits per heavy atom. The number of alkyl halides is 3. The molecule has 0 N–H and O–H groups in total. The van der Waals surface area contributed by atoms with Gasteiger partial charge in [0, 0.05) is 18.8 Å². The van der Waals surface area contributed by atoms with E-state index in [0.29, 0.717) is 12.1 Å². The molecule has 1 aromatic carbocycles. The zero-order chi connectivity index (χ0) is 14.2. The van der Waals surface area contributed by atoms with Crippen LogP contribution < -0.4 is 0 Å². The number of halogens is 4. The maximum absolute atomic E-state index is 13.1. The summed E-state index contributed by atoms with van der Waals surface area (Å²) in [5.41, 5.74) is -1.72. The monoisotopic (exact) mass is 272 g/mol. The van der Waals surface area contributed by atoms with Crippen molar-refractivity contribution in [2.45, 2.75) is 6.18 Å². The van der Waals surface area contributed by atoms with E-state index in [4.69, 9.17) is 0 Å². The second-order valence-electron chi connectivity index (χ2n) is 3.90. The molecule has 19 heavy (non-hydrogen) atoms. The third-order valence-electron chi connectivity index (χ3n) is 2.48. The lowest BCUT2D eigenvalue weighted by Crippen LogP contribution is -2.11. The minimum absolute atomic E-state index is 0.00207. The Bertz CT molecular complexity index is 631. The summed E-state index contributed by atoms with van der Waals surface area (Å²) in [5, 5.41) is 3.79. The highest BCUT2D eigenvalue weighted by atomic mass is 19.4. The minimum Gasteiger partial charge on any atom is -0.287 e. The van der Waals surface area contributed by atoms with Crippen LogP contribution >= 0.6 is 0 Å². The highest BCUT2D eigenvalue weighted by Gasteiger charge is 2.34. The van der Waals surface area contributed by atoms with Crippen molar-refractivity contribution < 1.29 is 22.4 Å². The largest absolute Gasteiger partial charge is 0.419 e. The topological polar surface area (TPSA) is 34.9 Å². The number of aryl methyl sites for hydroxylation is 1. The molecule has 7 heteroatoms. The van der Waals surface area contributed by atoms with Gasteiger partial charge in [-0.1, -0.05) is 0 Å². The fourth-order valence-electron chi connectivity index (χ4n) is 1.57. The quantitative estimate of drug-likeness (QED) is 0.622. The highest BCUT2D eigenvalue weighted by molar-refractivity contribution is 6.07. The number of carbonyl (C=O) groups excluding carboxylic acids is 1. The molecule has 0 fully saturated rings. The smallest absolute Gasteiger partial charge is 0.287 e. The molecule has 0 amide bonds. The molecule has 2 aromatic rings. The average molecular weight is 272 g/mol. The maximum Gasteiger partial charge on any atom is 0.419 e. The molecule has 0 aliphatic heterocycles. The van der Waals surface area contributed by atoms with Crippen LogP contribution in [0, 0.1) is 5.82 Å². The second kappa shape index (κ2) is 4.49. The average Bonchev–Trinajstić information content (AvgIpc) is 2.74. The van der Waals surface area contributed by atoms with E-state index in [9.17, 15) is 22.4 Å². The first-order valence-corrected chi connectivity index (χ1v) is 5.20. The number of aromatic nitrogens is 2. The van der Waals surface area contributed by atoms with Crippen LogP contribution in [0.5, 0.6) is 0 Å². The van der Waals surface area contributed by atoms with Crippen molar-refractivity contribution in [2.75, 3.05) is 0 Å². The fourth-order valence-corrected chi connectivity index (χ4v) is 1.57. The van der Waals surface area contributed by atoms with E-state index in [2.05, 4.69) is 5.10 Å². The van der Waals surface area contributed by atoms with Crippen molar-refractivity contribution in [3.8, 4) is 0 Å². The minimum atomic E-state index is -4.84. The Morgan fingerprint density at radius 3 is 2.47 bits per heavy atom. The number of nitrogens with zero attached hydrogens (tertiary/aromatic N) is 2. The van der Waals surface area contributed by atoms with Crippen LogP contribution in [-0.2, 0) is 13.2 Å². The molecule has 3 nitrogen and oxygen atoms in total. The summed E-state index contributed by atoms with van der Waals surface area (Å²) in [6.45, 7) is 0. The zero-order valence-electron chi connectivity index (χ0n) is 9.70. The van der Waals surface area contributed by atoms with E-state index < -0.39 is 23.3 Å². The molecule has 0 saturated carbocycles. The molecule has 0 unspecified atom stereocenters. The molecule has 0 spiro atoms. The molecule has 1 heterocycles. The number of ketones is 1. The predicted molar refractivity (Wildman–Crippen MR) is 58.0 cm³/mol. The molecular formula is C12H8F4N2O. The summed E-state index contributed by atoms with van der Waals surface area (Å²) >= 11 is 0. The molecule has 0 radical (unpaired) electrons. The van der Waals surface area contributed by atoms with Crippen LogP contribution in [0.1, 0.15) is 21.6 Å². The Hall–Kier alpha value is -2.18. The van der Waals surface area contributed by atoms with Crippen molar-refractivity contribution in [1.29, 1.82) is 0 Å². The summed E-state index contributed by atoms with van der Waals surface area (Å²) in [6, 6.07) is 3.49. The number of rotatable bonds is 2. The molecule has 0 aliphatic carbocycles. The maximum atomic E-state index is 13.1. The SMILES string of the molecule is Cn1ccc(C(=O)c2ccc(F)c(C(F)(F)F)c2)n1. The van der Waals surface area contributed by atoms with Gasteiger partial charge in [0.2, 0.25) is 5.78 Å². The molecule has 0 atom stereocenters. The van der Waals surface area contributed by atoms with Gasteiger partial charge in [0.1, 0.15) is 11.5 Å². The first-order valence-electron chi connectivity index (χ1n) is 5.20. The van der Waals surface area contributed by atoms with Crippen molar-refractivity contribution in [3.63, 3.8) is 0 Å². The van der Waals surface area contributed by atoms with Crippen LogP contribution in [0.15, 0.2) is 30.5 Å². The van der Waals surface area contributed by atoms with Crippen LogP contribution in [0.3, 0.4) is 0 Å². The highest BCUT2D eigenvalue weighted by Crippen LogP contribution is 2.32. The summed E-state index contributed by atoms with van der Waals surface area (Å²) in [6.07, 6.45) is -3.36. The van der Waals surface area contributed by atoms with Crippen molar-refractivity contribution >= 4 is 5.78 Å². The lowest BCUT2D eigenvalue weighted by atomic mass is 10.0. The van der Waals surface area contributed by atoms with Gasteiger partial charge >= 0.3 is 6.18 Å². The van der Waals surface area contributed by atoms with Crippen LogP contribution in [0.2, 0.25) is 0 Å². The van der Waals surface area contributed by atoms with Gasteiger partial charge < -0.3 is 0 Å². The van der Waals surface area contributed by atoms with Gasteiger partial charge in [0.05, 0.1) is 5.56 Å². The van der Waals surface area contributed by atoms with Gasteiger partial charge in [-0.25, -0.2) is 4.39 Å². The standard InChI is InChI=1S/C12H8F4N2O/c1-18-5-4-10(17-18)11(19)7-2-3-9(13)8(6-7)12(14,15)16/h2-6H,1H3. The molecule has 0 bridgehead atoms. The van der Waals surface area contributed by atoms with E-state index in [1.807, 2.05) is 0 Å². The first kappa shape index (κ1) is 13.3. The number of carbonyl (C=O) groups is 1. The molecule has 2 rings (SSSR count). The number of hydrogen-bond donors (Lipinski definition) is 0. The van der Waals surface area contributed by atoms with E-state index in [1.165, 1.54) is 16.9 Å². The fraction of sp³-hybridized carbons (Fsp3) is 0.167. The number of hydrogen-bond acceptors (Lipinski definition) is 2. The van der Waals surface area contributed by atoms with Gasteiger partial charge in [0.15, 0.2) is 0 Å². The Morgan fingerprint density at radius 1 is 1.26 bits per heavy atom. The summed E-state index contributed by atoms with van der Waals surface area (Å²) < 4.78 is 52.0. The zero-order valence-corrected chi connectivity index (χ0v) is 9.70. The van der Waals surface area contributed by atoms with Crippen LogP contribution in [-0.4, -0.2) is 15.6 Å². The third kappa shape index (κ3) is 2.64. The third-order valence-corrected chi connectivity index (χ3v) is 2.48. The van der Waals surface area contributed by atoms with Gasteiger partial charge in [-0.3, -0.25) is 9.48 Å². The van der Waals surface area contributed by atoms with Gasteiger partial charge in [-0.15, -0.1) is 0 Å². The Labute approximate surface area is 105 Å². The first-order chi connectivity index (χ1) is 8.79. The van der Waals surface area contributed by atoms with Crippen LogP contribution in [0.25, 0.3) is 0 Å². The van der Waals surface area contributed by atoms with Gasteiger partial charge in [-0.05, 0) is 24.3 Å².